The molecule has 0 bridgehead atoms. The summed E-state index contributed by atoms with van der Waals surface area (Å²) < 4.78 is 0.844. The summed E-state index contributed by atoms with van der Waals surface area (Å²) in [4.78, 5) is 6.53. The number of allylic oxidation sites excluding steroid dienone is 1. The largest absolute Gasteiger partial charge is 0.388 e. The van der Waals surface area contributed by atoms with Gasteiger partial charge in [-0.2, -0.15) is 0 Å². The minimum Gasteiger partial charge on any atom is -0.388 e. The van der Waals surface area contributed by atoms with Crippen molar-refractivity contribution < 1.29 is 0 Å². The van der Waals surface area contributed by atoms with Crippen molar-refractivity contribution in [2.45, 2.75) is 25.8 Å². The molecule has 0 aliphatic carbocycles. The maximum Gasteiger partial charge on any atom is 0.137 e. The number of nitrogen functional groups attached to an aromatic ring is 1. The van der Waals surface area contributed by atoms with Crippen molar-refractivity contribution in [1.29, 1.82) is 0 Å². The van der Waals surface area contributed by atoms with E-state index in [1.807, 2.05) is 12.3 Å². The molecule has 2 heterocycles. The van der Waals surface area contributed by atoms with Crippen LogP contribution in [0.5, 0.6) is 0 Å². The summed E-state index contributed by atoms with van der Waals surface area (Å²) >= 11 is 3.41. The van der Waals surface area contributed by atoms with Crippen LogP contribution in [0.2, 0.25) is 0 Å². The molecule has 104 valence electrons. The molecule has 3 N–H and O–H groups in total. The van der Waals surface area contributed by atoms with Gasteiger partial charge in [-0.15, -0.1) is 0 Å². The summed E-state index contributed by atoms with van der Waals surface area (Å²) in [6, 6.07) is 2.58. The third-order valence-electron chi connectivity index (χ3n) is 3.58. The van der Waals surface area contributed by atoms with E-state index >= 15 is 0 Å². The highest BCUT2D eigenvalue weighted by Gasteiger charge is 2.14. The van der Waals surface area contributed by atoms with Gasteiger partial charge in [0.1, 0.15) is 5.82 Å². The number of nitrogens with zero attached hydrogens (tertiary/aromatic N) is 2. The number of aromatic nitrogens is 1. The Bertz CT molecular complexity index is 465. The summed E-state index contributed by atoms with van der Waals surface area (Å²) in [7, 11) is 2.18. The Balaban J connectivity index is 1.96. The van der Waals surface area contributed by atoms with E-state index in [9.17, 15) is 0 Å². The number of hydrogen-bond acceptors (Lipinski definition) is 4. The van der Waals surface area contributed by atoms with Gasteiger partial charge >= 0.3 is 0 Å². The van der Waals surface area contributed by atoms with Crippen LogP contribution in [0, 0.1) is 0 Å². The lowest BCUT2D eigenvalue weighted by Gasteiger charge is -2.29. The van der Waals surface area contributed by atoms with Crippen molar-refractivity contribution in [3.8, 4) is 0 Å². The summed E-state index contributed by atoms with van der Waals surface area (Å²) in [6.07, 6.45) is 6.30. The highest BCUT2D eigenvalue weighted by Crippen LogP contribution is 2.22. The first-order valence-corrected chi connectivity index (χ1v) is 7.38. The van der Waals surface area contributed by atoms with E-state index in [1.165, 1.54) is 31.5 Å². The van der Waals surface area contributed by atoms with E-state index in [-0.39, 0.29) is 0 Å². The quantitative estimate of drug-likeness (QED) is 0.896. The second-order valence-electron chi connectivity index (χ2n) is 5.16. The van der Waals surface area contributed by atoms with Crippen molar-refractivity contribution in [2.24, 2.45) is 0 Å². The van der Waals surface area contributed by atoms with Crippen molar-refractivity contribution in [3.63, 3.8) is 0 Å². The predicted molar refractivity (Wildman–Crippen MR) is 83.7 cm³/mol. The van der Waals surface area contributed by atoms with Crippen LogP contribution in [0.15, 0.2) is 22.9 Å². The zero-order valence-electron chi connectivity index (χ0n) is 11.5. The van der Waals surface area contributed by atoms with Crippen LogP contribution in [0.1, 0.15) is 25.3 Å². The summed E-state index contributed by atoms with van der Waals surface area (Å²) in [6.45, 7) is 4.42. The molecule has 0 spiro atoms. The average Bonchev–Trinajstić information content (AvgIpc) is 2.41. The average molecular weight is 325 g/mol. The molecule has 1 aromatic rings. The monoisotopic (exact) mass is 324 g/mol. The number of nitrogens with two attached hydrogens (primary N) is 1. The Morgan fingerprint density at radius 2 is 2.21 bits per heavy atom. The molecule has 2 rings (SSSR count). The molecule has 0 amide bonds. The number of rotatable bonds is 3. The second kappa shape index (κ2) is 6.39. The third kappa shape index (κ3) is 3.94. The van der Waals surface area contributed by atoms with Crippen LogP contribution in [0.4, 0.5) is 5.82 Å². The molecule has 0 saturated carbocycles. The SMILES string of the molecule is C/C(=C\NC1CCN(C)CC1)c1cnc(N)c(Br)c1. The van der Waals surface area contributed by atoms with Gasteiger partial charge in [0.05, 0.1) is 4.47 Å². The van der Waals surface area contributed by atoms with Crippen LogP contribution >= 0.6 is 15.9 Å². The van der Waals surface area contributed by atoms with Gasteiger partial charge in [-0.3, -0.25) is 0 Å². The van der Waals surface area contributed by atoms with E-state index in [0.717, 1.165) is 10.0 Å². The van der Waals surface area contributed by atoms with Crippen LogP contribution in [-0.4, -0.2) is 36.1 Å². The maximum absolute atomic E-state index is 5.70. The minimum absolute atomic E-state index is 0.528. The van der Waals surface area contributed by atoms with Gasteiger partial charge in [0.2, 0.25) is 0 Å². The predicted octanol–water partition coefficient (Wildman–Crippen LogP) is 2.47. The first-order chi connectivity index (χ1) is 9.06. The number of anilines is 1. The third-order valence-corrected chi connectivity index (χ3v) is 4.21. The first-order valence-electron chi connectivity index (χ1n) is 6.59. The molecular formula is C14H21BrN4. The Morgan fingerprint density at radius 3 is 2.84 bits per heavy atom. The molecular weight excluding hydrogens is 304 g/mol. The highest BCUT2D eigenvalue weighted by atomic mass is 79.9. The number of hydrogen-bond donors (Lipinski definition) is 2. The van der Waals surface area contributed by atoms with E-state index in [4.69, 9.17) is 5.73 Å². The van der Waals surface area contributed by atoms with Crippen molar-refractivity contribution in [2.75, 3.05) is 25.9 Å². The molecule has 0 unspecified atom stereocenters. The van der Waals surface area contributed by atoms with Crippen LogP contribution in [-0.2, 0) is 0 Å². The summed E-state index contributed by atoms with van der Waals surface area (Å²) in [5.41, 5.74) is 7.95. The Hall–Kier alpha value is -1.07. The topological polar surface area (TPSA) is 54.2 Å². The van der Waals surface area contributed by atoms with Gasteiger partial charge < -0.3 is 16.0 Å². The van der Waals surface area contributed by atoms with Gasteiger partial charge in [0.25, 0.3) is 0 Å². The van der Waals surface area contributed by atoms with Crippen molar-refractivity contribution >= 4 is 27.3 Å². The second-order valence-corrected chi connectivity index (χ2v) is 6.02. The summed E-state index contributed by atoms with van der Waals surface area (Å²) in [5.74, 6) is 0.528. The van der Waals surface area contributed by atoms with Gasteiger partial charge in [0, 0.05) is 18.4 Å². The molecule has 1 saturated heterocycles. The van der Waals surface area contributed by atoms with Gasteiger partial charge in [-0.25, -0.2) is 4.98 Å². The Kier molecular flexibility index (Phi) is 4.82. The molecule has 1 aliphatic heterocycles. The van der Waals surface area contributed by atoms with Crippen LogP contribution in [0.25, 0.3) is 5.57 Å². The van der Waals surface area contributed by atoms with E-state index < -0.39 is 0 Å². The Labute approximate surface area is 123 Å². The van der Waals surface area contributed by atoms with E-state index in [1.54, 1.807) is 0 Å². The molecule has 4 nitrogen and oxygen atoms in total. The number of nitrogens with one attached hydrogen (secondary N) is 1. The lowest BCUT2D eigenvalue weighted by Crippen LogP contribution is -2.38. The molecule has 0 radical (unpaired) electrons. The number of halogens is 1. The fourth-order valence-corrected chi connectivity index (χ4v) is 2.51. The molecule has 5 heteroatoms. The molecule has 19 heavy (non-hydrogen) atoms. The fourth-order valence-electron chi connectivity index (χ4n) is 2.17. The minimum atomic E-state index is 0.528. The highest BCUT2D eigenvalue weighted by molar-refractivity contribution is 9.10. The summed E-state index contributed by atoms with van der Waals surface area (Å²) in [5, 5.41) is 3.51. The lowest BCUT2D eigenvalue weighted by molar-refractivity contribution is 0.244. The van der Waals surface area contributed by atoms with Gasteiger partial charge in [-0.1, -0.05) is 0 Å². The van der Waals surface area contributed by atoms with Crippen LogP contribution in [0.3, 0.4) is 0 Å². The lowest BCUT2D eigenvalue weighted by atomic mass is 10.1. The standard InChI is InChI=1S/C14H21BrN4/c1-10(11-7-13(15)14(16)18-9-11)8-17-12-3-5-19(2)6-4-12/h7-9,12,17H,3-6H2,1-2H3,(H2,16,18)/b10-8+. The number of piperidine rings is 1. The molecule has 1 fully saturated rings. The van der Waals surface area contributed by atoms with Crippen LogP contribution < -0.4 is 11.1 Å². The van der Waals surface area contributed by atoms with E-state index in [0.29, 0.717) is 11.9 Å². The van der Waals surface area contributed by atoms with Crippen molar-refractivity contribution in [3.05, 3.63) is 28.5 Å². The van der Waals surface area contributed by atoms with Gasteiger partial charge in [0.15, 0.2) is 0 Å². The molecule has 0 aromatic carbocycles. The fraction of sp³-hybridized carbons (Fsp3) is 0.500. The van der Waals surface area contributed by atoms with Gasteiger partial charge in [-0.05, 0) is 73.0 Å². The zero-order chi connectivity index (χ0) is 13.8. The maximum atomic E-state index is 5.70. The Morgan fingerprint density at radius 1 is 1.53 bits per heavy atom. The zero-order valence-corrected chi connectivity index (χ0v) is 13.1. The smallest absolute Gasteiger partial charge is 0.137 e. The molecule has 0 atom stereocenters. The number of likely N-dealkylation sites (tertiary alicyclic amines) is 1. The molecule has 1 aromatic heterocycles. The first kappa shape index (κ1) is 14.3. The van der Waals surface area contributed by atoms with E-state index in [2.05, 4.69) is 51.3 Å². The number of pyridine rings is 1. The molecule has 1 aliphatic rings. The van der Waals surface area contributed by atoms with Crippen molar-refractivity contribution in [1.82, 2.24) is 15.2 Å². The normalized spacial score (nSPS) is 18.6.